The summed E-state index contributed by atoms with van der Waals surface area (Å²) < 4.78 is 6.45. The predicted octanol–water partition coefficient (Wildman–Crippen LogP) is 7.83. The van der Waals surface area contributed by atoms with E-state index in [0.717, 1.165) is 22.3 Å². The van der Waals surface area contributed by atoms with Crippen molar-refractivity contribution in [2.24, 2.45) is 0 Å². The van der Waals surface area contributed by atoms with Crippen LogP contribution in [0.25, 0.3) is 22.1 Å². The number of aryl methyl sites for hydroxylation is 1. The predicted molar refractivity (Wildman–Crippen MR) is 160 cm³/mol. The first-order chi connectivity index (χ1) is 19.2. The molecule has 0 aliphatic heterocycles. The first-order valence-corrected chi connectivity index (χ1v) is 12.8. The smallest absolute Gasteiger partial charge is 0.337 e. The maximum absolute atomic E-state index is 13.6. The molecule has 2 N–H and O–H groups in total. The highest BCUT2D eigenvalue weighted by Crippen LogP contribution is 2.32. The molecule has 3 aromatic carbocycles. The third-order valence-electron chi connectivity index (χ3n) is 6.86. The van der Waals surface area contributed by atoms with Crippen molar-refractivity contribution < 1.29 is 14.3 Å². The van der Waals surface area contributed by atoms with Crippen LogP contribution in [0.4, 0.5) is 5.69 Å². The normalized spacial score (nSPS) is 12.6. The fourth-order valence-electron chi connectivity index (χ4n) is 4.74. The van der Waals surface area contributed by atoms with Crippen LogP contribution in [0.15, 0.2) is 94.7 Å². The number of carbonyl (C=O) groups is 1. The minimum atomic E-state index is -1.03. The van der Waals surface area contributed by atoms with Gasteiger partial charge < -0.3 is 14.8 Å². The summed E-state index contributed by atoms with van der Waals surface area (Å²) in [5.74, 6) is -0.635. The Morgan fingerprint density at radius 1 is 1.07 bits per heavy atom. The zero-order chi connectivity index (χ0) is 29.0. The summed E-state index contributed by atoms with van der Waals surface area (Å²) in [6.07, 6.45) is 5.34. The summed E-state index contributed by atoms with van der Waals surface area (Å²) in [5, 5.41) is 22.8. The SMILES string of the molecule is C=C/C(=C\C=C(/C)c1ccccc1C#N)c1oc2c(C(C)Nc3ccccc3C(=O)O)cc(C)cc2c(=O)c1C. The van der Waals surface area contributed by atoms with E-state index in [2.05, 4.69) is 18.0 Å². The highest BCUT2D eigenvalue weighted by atomic mass is 16.4. The largest absolute Gasteiger partial charge is 0.478 e. The van der Waals surface area contributed by atoms with Crippen LogP contribution in [0.2, 0.25) is 0 Å². The van der Waals surface area contributed by atoms with Crippen LogP contribution >= 0.6 is 0 Å². The lowest BCUT2D eigenvalue weighted by molar-refractivity contribution is 0.0698. The molecule has 0 spiro atoms. The van der Waals surface area contributed by atoms with E-state index >= 15 is 0 Å². The van der Waals surface area contributed by atoms with Crippen molar-refractivity contribution >= 4 is 33.8 Å². The number of aromatic carboxylic acids is 1. The standard InChI is InChI=1S/C34H30N2O4/c1-6-24(16-15-21(3)26-12-8-7-11-25(26)19-35)32-22(4)31(37)29-18-20(2)17-28(33(29)40-32)23(5)36-30-14-10-9-13-27(30)34(38)39/h6-18,23,36H,1H2,2-5H3,(H,38,39)/b21-15+,24-16+. The molecule has 1 atom stereocenters. The minimum Gasteiger partial charge on any atom is -0.478 e. The molecule has 4 aromatic rings. The molecule has 6 heteroatoms. The Hall–Kier alpha value is -5.15. The Morgan fingerprint density at radius 2 is 1.75 bits per heavy atom. The third kappa shape index (κ3) is 5.50. The van der Waals surface area contributed by atoms with Gasteiger partial charge in [-0.1, -0.05) is 61.2 Å². The van der Waals surface area contributed by atoms with E-state index in [1.54, 1.807) is 49.4 Å². The van der Waals surface area contributed by atoms with E-state index in [1.807, 2.05) is 57.2 Å². The first-order valence-electron chi connectivity index (χ1n) is 12.8. The van der Waals surface area contributed by atoms with Gasteiger partial charge in [0, 0.05) is 22.4 Å². The molecular formula is C34H30N2O4. The molecule has 1 unspecified atom stereocenters. The Morgan fingerprint density at radius 3 is 2.42 bits per heavy atom. The van der Waals surface area contributed by atoms with Gasteiger partial charge in [-0.2, -0.15) is 5.26 Å². The van der Waals surface area contributed by atoms with Gasteiger partial charge in [-0.15, -0.1) is 0 Å². The summed E-state index contributed by atoms with van der Waals surface area (Å²) in [6.45, 7) is 11.4. The zero-order valence-electron chi connectivity index (χ0n) is 22.9. The molecule has 0 saturated heterocycles. The number of rotatable bonds is 8. The van der Waals surface area contributed by atoms with E-state index in [9.17, 15) is 20.0 Å². The number of allylic oxidation sites excluding steroid dienone is 5. The van der Waals surface area contributed by atoms with Crippen LogP contribution in [0.5, 0.6) is 0 Å². The van der Waals surface area contributed by atoms with Crippen LogP contribution in [-0.4, -0.2) is 11.1 Å². The number of benzene rings is 3. The molecule has 1 heterocycles. The van der Waals surface area contributed by atoms with Crippen molar-refractivity contribution in [2.45, 2.75) is 33.7 Å². The van der Waals surface area contributed by atoms with Crippen molar-refractivity contribution in [2.75, 3.05) is 5.32 Å². The first kappa shape index (κ1) is 27.9. The van der Waals surface area contributed by atoms with Gasteiger partial charge >= 0.3 is 5.97 Å². The van der Waals surface area contributed by atoms with Crippen LogP contribution in [-0.2, 0) is 0 Å². The van der Waals surface area contributed by atoms with Crippen LogP contribution in [0, 0.1) is 25.2 Å². The average molecular weight is 531 g/mol. The number of para-hydroxylation sites is 1. The lowest BCUT2D eigenvalue weighted by atomic mass is 9.98. The molecule has 6 nitrogen and oxygen atoms in total. The maximum atomic E-state index is 13.6. The van der Waals surface area contributed by atoms with E-state index < -0.39 is 5.97 Å². The topological polar surface area (TPSA) is 103 Å². The van der Waals surface area contributed by atoms with Gasteiger partial charge in [0.1, 0.15) is 11.3 Å². The second-order valence-electron chi connectivity index (χ2n) is 9.67. The van der Waals surface area contributed by atoms with Crippen molar-refractivity contribution in [3.8, 4) is 6.07 Å². The highest BCUT2D eigenvalue weighted by molar-refractivity contribution is 5.94. The molecular weight excluding hydrogens is 500 g/mol. The average Bonchev–Trinajstić information content (AvgIpc) is 2.95. The van der Waals surface area contributed by atoms with Gasteiger partial charge in [-0.3, -0.25) is 4.79 Å². The molecule has 1 aromatic heterocycles. The van der Waals surface area contributed by atoms with Crippen molar-refractivity contribution in [3.63, 3.8) is 0 Å². The molecule has 4 rings (SSSR count). The van der Waals surface area contributed by atoms with Crippen molar-refractivity contribution in [1.82, 2.24) is 0 Å². The van der Waals surface area contributed by atoms with E-state index in [1.165, 1.54) is 0 Å². The Balaban J connectivity index is 1.85. The molecule has 200 valence electrons. The second kappa shape index (κ2) is 11.7. The number of nitrogens with one attached hydrogen (secondary N) is 1. The lowest BCUT2D eigenvalue weighted by Crippen LogP contribution is -2.14. The van der Waals surface area contributed by atoms with E-state index in [0.29, 0.717) is 39.1 Å². The monoisotopic (exact) mass is 530 g/mol. The summed E-state index contributed by atoms with van der Waals surface area (Å²) >= 11 is 0. The maximum Gasteiger partial charge on any atom is 0.337 e. The molecule has 0 aliphatic rings. The Bertz CT molecular complexity index is 1800. The van der Waals surface area contributed by atoms with Gasteiger partial charge in [0.2, 0.25) is 0 Å². The quantitative estimate of drug-likeness (QED) is 0.225. The zero-order valence-corrected chi connectivity index (χ0v) is 22.9. The second-order valence-corrected chi connectivity index (χ2v) is 9.67. The van der Waals surface area contributed by atoms with Gasteiger partial charge in [-0.25, -0.2) is 4.79 Å². The lowest BCUT2D eigenvalue weighted by Gasteiger charge is -2.20. The molecule has 0 fully saturated rings. The van der Waals surface area contributed by atoms with Gasteiger partial charge in [0.25, 0.3) is 0 Å². The molecule has 40 heavy (non-hydrogen) atoms. The van der Waals surface area contributed by atoms with Crippen molar-refractivity contribution in [1.29, 1.82) is 5.26 Å². The number of nitrogens with zero attached hydrogens (tertiary/aromatic N) is 1. The number of hydrogen-bond acceptors (Lipinski definition) is 5. The molecule has 0 saturated carbocycles. The van der Waals surface area contributed by atoms with E-state index in [-0.39, 0.29) is 17.0 Å². The van der Waals surface area contributed by atoms with Crippen LogP contribution in [0.3, 0.4) is 0 Å². The van der Waals surface area contributed by atoms with Gasteiger partial charge in [-0.05, 0) is 68.7 Å². The summed E-state index contributed by atoms with van der Waals surface area (Å²) in [7, 11) is 0. The van der Waals surface area contributed by atoms with Crippen LogP contribution < -0.4 is 10.7 Å². The van der Waals surface area contributed by atoms with Gasteiger partial charge in [0.15, 0.2) is 5.43 Å². The third-order valence-corrected chi connectivity index (χ3v) is 6.86. The Kier molecular flexibility index (Phi) is 8.16. The number of carboxylic acids is 1. The van der Waals surface area contributed by atoms with Crippen LogP contribution in [0.1, 0.15) is 63.8 Å². The molecule has 0 aliphatic carbocycles. The fraction of sp³-hybridized carbons (Fsp3) is 0.147. The summed E-state index contributed by atoms with van der Waals surface area (Å²) in [6, 6.07) is 19.6. The molecule has 0 bridgehead atoms. The fourth-order valence-corrected chi connectivity index (χ4v) is 4.74. The van der Waals surface area contributed by atoms with E-state index in [4.69, 9.17) is 4.42 Å². The number of carboxylic acid groups (broad SMARTS) is 1. The number of hydrogen-bond donors (Lipinski definition) is 2. The Labute approximate surface area is 233 Å². The summed E-state index contributed by atoms with van der Waals surface area (Å²) in [4.78, 5) is 25.3. The van der Waals surface area contributed by atoms with Crippen molar-refractivity contribution in [3.05, 3.63) is 135 Å². The highest BCUT2D eigenvalue weighted by Gasteiger charge is 2.20. The number of nitriles is 1. The minimum absolute atomic E-state index is 0.150. The molecule has 0 amide bonds. The summed E-state index contributed by atoms with van der Waals surface area (Å²) in [5.41, 5.74) is 5.86. The number of fused-ring (bicyclic) bond motifs is 1. The molecule has 0 radical (unpaired) electrons. The number of anilines is 1. The van der Waals surface area contributed by atoms with Gasteiger partial charge in [0.05, 0.1) is 28.6 Å².